The van der Waals surface area contributed by atoms with Crippen LogP contribution in [0.3, 0.4) is 0 Å². The van der Waals surface area contributed by atoms with Crippen molar-refractivity contribution in [1.82, 2.24) is 0 Å². The lowest BCUT2D eigenvalue weighted by Gasteiger charge is -2.17. The van der Waals surface area contributed by atoms with Gasteiger partial charge >= 0.3 is 0 Å². The van der Waals surface area contributed by atoms with Crippen LogP contribution >= 0.6 is 12.6 Å². The minimum atomic E-state index is -0.306. The second kappa shape index (κ2) is 5.41. The summed E-state index contributed by atoms with van der Waals surface area (Å²) in [5.74, 6) is 0. The quantitative estimate of drug-likeness (QED) is 0.804. The molecule has 0 aromatic heterocycles. The molecule has 1 aliphatic rings. The summed E-state index contributed by atoms with van der Waals surface area (Å²) in [6, 6.07) is 20.4. The topological polar surface area (TPSA) is 24.7 Å². The van der Waals surface area contributed by atoms with E-state index < -0.39 is 0 Å². The minimum Gasteiger partial charge on any atom is -0.252 e. The van der Waals surface area contributed by atoms with Gasteiger partial charge in [0.15, 0.2) is 5.50 Å². The van der Waals surface area contributed by atoms with Gasteiger partial charge in [-0.1, -0.05) is 60.7 Å². The van der Waals surface area contributed by atoms with E-state index in [1.54, 1.807) is 0 Å². The van der Waals surface area contributed by atoms with Crippen molar-refractivity contribution in [2.75, 3.05) is 0 Å². The van der Waals surface area contributed by atoms with E-state index in [1.165, 1.54) is 0 Å². The van der Waals surface area contributed by atoms with E-state index in [0.717, 1.165) is 29.0 Å². The zero-order valence-corrected chi connectivity index (χ0v) is 11.3. The van der Waals surface area contributed by atoms with E-state index in [1.807, 2.05) is 36.4 Å². The molecule has 94 valence electrons. The van der Waals surface area contributed by atoms with Crippen LogP contribution in [0.15, 0.2) is 70.6 Å². The molecule has 0 fully saturated rings. The van der Waals surface area contributed by atoms with Gasteiger partial charge in [0.05, 0.1) is 11.4 Å². The summed E-state index contributed by atoms with van der Waals surface area (Å²) in [6.07, 6.45) is 0.755. The Bertz CT molecular complexity index is 562. The number of thiol groups is 1. The van der Waals surface area contributed by atoms with Crippen LogP contribution in [-0.4, -0.2) is 16.9 Å². The van der Waals surface area contributed by atoms with Crippen LogP contribution in [0.4, 0.5) is 0 Å². The predicted octanol–water partition coefficient (Wildman–Crippen LogP) is 3.58. The lowest BCUT2D eigenvalue weighted by atomic mass is 9.99. The van der Waals surface area contributed by atoms with Crippen molar-refractivity contribution in [2.45, 2.75) is 11.9 Å². The van der Waals surface area contributed by atoms with Gasteiger partial charge in [0.1, 0.15) is 0 Å². The van der Waals surface area contributed by atoms with Gasteiger partial charge in [-0.3, -0.25) is 9.98 Å². The third kappa shape index (κ3) is 2.76. The van der Waals surface area contributed by atoms with Crippen molar-refractivity contribution in [3.8, 4) is 0 Å². The zero-order valence-electron chi connectivity index (χ0n) is 10.4. The molecule has 0 aliphatic carbocycles. The van der Waals surface area contributed by atoms with Crippen LogP contribution in [0.2, 0.25) is 0 Å². The molecule has 0 bridgehead atoms. The van der Waals surface area contributed by atoms with Gasteiger partial charge in [-0.2, -0.15) is 0 Å². The Morgan fingerprint density at radius 1 is 0.737 bits per heavy atom. The zero-order chi connectivity index (χ0) is 13.1. The Morgan fingerprint density at radius 3 is 1.58 bits per heavy atom. The van der Waals surface area contributed by atoms with Gasteiger partial charge in [-0.15, -0.1) is 12.6 Å². The first-order valence-electron chi connectivity index (χ1n) is 6.25. The fraction of sp³-hybridized carbons (Fsp3) is 0.125. The summed E-state index contributed by atoms with van der Waals surface area (Å²) in [5.41, 5.74) is 4.08. The second-order valence-electron chi connectivity index (χ2n) is 4.41. The summed E-state index contributed by atoms with van der Waals surface area (Å²) in [7, 11) is 0. The SMILES string of the molecule is SC1N=C(c2ccccc2)CC(c2ccccc2)=N1. The maximum absolute atomic E-state index is 4.52. The standard InChI is InChI=1S/C16H14N2S/c19-16-17-14(12-7-3-1-4-8-12)11-15(18-16)13-9-5-2-6-10-13/h1-10,16,19H,11H2. The van der Waals surface area contributed by atoms with Gasteiger partial charge in [0, 0.05) is 6.42 Å². The van der Waals surface area contributed by atoms with E-state index in [0.29, 0.717) is 0 Å². The van der Waals surface area contributed by atoms with Crippen molar-refractivity contribution in [3.05, 3.63) is 71.8 Å². The maximum Gasteiger partial charge on any atom is 0.184 e. The Kier molecular flexibility index (Phi) is 3.47. The minimum absolute atomic E-state index is 0.306. The molecule has 2 nitrogen and oxygen atoms in total. The van der Waals surface area contributed by atoms with Crippen LogP contribution < -0.4 is 0 Å². The fourth-order valence-corrected chi connectivity index (χ4v) is 2.45. The Hall–Kier alpha value is -1.87. The molecule has 0 spiro atoms. The van der Waals surface area contributed by atoms with Crippen LogP contribution in [0.1, 0.15) is 17.5 Å². The highest BCUT2D eigenvalue weighted by molar-refractivity contribution is 7.80. The van der Waals surface area contributed by atoms with Crippen molar-refractivity contribution in [3.63, 3.8) is 0 Å². The molecule has 19 heavy (non-hydrogen) atoms. The molecule has 0 radical (unpaired) electrons. The number of benzene rings is 2. The molecule has 0 amide bonds. The van der Waals surface area contributed by atoms with Gasteiger partial charge in [-0.05, 0) is 11.1 Å². The molecule has 2 aromatic carbocycles. The highest BCUT2D eigenvalue weighted by Crippen LogP contribution is 2.18. The molecular weight excluding hydrogens is 252 g/mol. The molecule has 3 heteroatoms. The smallest absolute Gasteiger partial charge is 0.184 e. The molecule has 0 unspecified atom stereocenters. The summed E-state index contributed by atoms with van der Waals surface area (Å²) < 4.78 is 0. The van der Waals surface area contributed by atoms with E-state index in [-0.39, 0.29) is 5.50 Å². The molecule has 0 N–H and O–H groups in total. The monoisotopic (exact) mass is 266 g/mol. The highest BCUT2D eigenvalue weighted by Gasteiger charge is 2.16. The van der Waals surface area contributed by atoms with Crippen LogP contribution in [-0.2, 0) is 0 Å². The molecule has 0 atom stereocenters. The molecule has 0 saturated heterocycles. The average molecular weight is 266 g/mol. The summed E-state index contributed by atoms with van der Waals surface area (Å²) in [6.45, 7) is 0. The highest BCUT2D eigenvalue weighted by atomic mass is 32.1. The maximum atomic E-state index is 4.52. The van der Waals surface area contributed by atoms with Crippen LogP contribution in [0.5, 0.6) is 0 Å². The first-order chi connectivity index (χ1) is 9.33. The van der Waals surface area contributed by atoms with Gasteiger partial charge in [0.2, 0.25) is 0 Å². The van der Waals surface area contributed by atoms with E-state index >= 15 is 0 Å². The van der Waals surface area contributed by atoms with Crippen molar-refractivity contribution < 1.29 is 0 Å². The van der Waals surface area contributed by atoms with Crippen molar-refractivity contribution in [1.29, 1.82) is 0 Å². The molecular formula is C16H14N2S. The lowest BCUT2D eigenvalue weighted by Crippen LogP contribution is -2.18. The molecule has 1 aliphatic heterocycles. The summed E-state index contributed by atoms with van der Waals surface area (Å²) >= 11 is 4.41. The molecule has 2 aromatic rings. The lowest BCUT2D eigenvalue weighted by molar-refractivity contribution is 0.965. The summed E-state index contributed by atoms with van der Waals surface area (Å²) in [5, 5.41) is 0. The normalized spacial score (nSPS) is 15.8. The van der Waals surface area contributed by atoms with E-state index in [2.05, 4.69) is 46.9 Å². The van der Waals surface area contributed by atoms with Gasteiger partial charge < -0.3 is 0 Å². The third-order valence-electron chi connectivity index (χ3n) is 3.09. The summed E-state index contributed by atoms with van der Waals surface area (Å²) in [4.78, 5) is 9.04. The van der Waals surface area contributed by atoms with Gasteiger partial charge in [-0.25, -0.2) is 0 Å². The second-order valence-corrected chi connectivity index (χ2v) is 4.87. The number of nitrogens with zero attached hydrogens (tertiary/aromatic N) is 2. The van der Waals surface area contributed by atoms with Crippen LogP contribution in [0, 0.1) is 0 Å². The Labute approximate surface area is 118 Å². The fourth-order valence-electron chi connectivity index (χ4n) is 2.17. The number of rotatable bonds is 2. The molecule has 0 saturated carbocycles. The molecule has 1 heterocycles. The van der Waals surface area contributed by atoms with Crippen molar-refractivity contribution in [2.24, 2.45) is 9.98 Å². The largest absolute Gasteiger partial charge is 0.252 e. The number of hydrogen-bond acceptors (Lipinski definition) is 3. The van der Waals surface area contributed by atoms with E-state index in [9.17, 15) is 0 Å². The first-order valence-corrected chi connectivity index (χ1v) is 6.77. The first kappa shape index (κ1) is 12.2. The number of hydrogen-bond donors (Lipinski definition) is 1. The Morgan fingerprint density at radius 2 is 1.16 bits per heavy atom. The van der Waals surface area contributed by atoms with Crippen molar-refractivity contribution >= 4 is 24.1 Å². The average Bonchev–Trinajstić information content (AvgIpc) is 2.48. The third-order valence-corrected chi connectivity index (χ3v) is 3.32. The number of aliphatic imine (C=N–C) groups is 2. The van der Waals surface area contributed by atoms with Gasteiger partial charge in [0.25, 0.3) is 0 Å². The van der Waals surface area contributed by atoms with Crippen LogP contribution in [0.25, 0.3) is 0 Å². The Balaban J connectivity index is 1.92. The molecule has 3 rings (SSSR count). The van der Waals surface area contributed by atoms with E-state index in [4.69, 9.17) is 0 Å². The predicted molar refractivity (Wildman–Crippen MR) is 83.3 cm³/mol.